The van der Waals surface area contributed by atoms with E-state index in [9.17, 15) is 35.4 Å². The van der Waals surface area contributed by atoms with Gasteiger partial charge in [0.05, 0.1) is 31.3 Å². The molecule has 1 heterocycles. The Bertz CT molecular complexity index is 804. The first kappa shape index (κ1) is 23.2. The van der Waals surface area contributed by atoms with E-state index in [0.717, 1.165) is 0 Å². The van der Waals surface area contributed by atoms with Gasteiger partial charge in [-0.05, 0) is 55.5 Å². The van der Waals surface area contributed by atoms with E-state index in [0.29, 0.717) is 27.8 Å². The van der Waals surface area contributed by atoms with E-state index in [1.165, 1.54) is 0 Å². The molecule has 168 valence electrons. The largest absolute Gasteiger partial charge is 0.394 e. The first-order valence-electron chi connectivity index (χ1n) is 9.97. The van der Waals surface area contributed by atoms with Crippen molar-refractivity contribution in [1.29, 1.82) is 0 Å². The van der Waals surface area contributed by atoms with Crippen LogP contribution < -0.4 is 0 Å². The summed E-state index contributed by atoms with van der Waals surface area (Å²) in [5, 5.41) is 59.4. The van der Waals surface area contributed by atoms with Crippen LogP contribution in [0.5, 0.6) is 0 Å². The number of rotatable bonds is 6. The highest BCUT2D eigenvalue weighted by atomic mass is 16.7. The summed E-state index contributed by atoms with van der Waals surface area (Å²) >= 11 is 0. The molecule has 30 heavy (non-hydrogen) atoms. The number of carbonyl (C=O) groups is 1. The predicted octanol–water partition coefficient (Wildman–Crippen LogP) is -0.898. The van der Waals surface area contributed by atoms with Crippen LogP contribution in [-0.2, 0) is 22.5 Å². The van der Waals surface area contributed by atoms with Crippen molar-refractivity contribution in [3.63, 3.8) is 0 Å². The van der Waals surface area contributed by atoms with Crippen molar-refractivity contribution in [2.75, 3.05) is 13.2 Å². The molecule has 1 fully saturated rings. The minimum absolute atomic E-state index is 0.0233. The molecule has 3 rings (SSSR count). The van der Waals surface area contributed by atoms with Crippen molar-refractivity contribution >= 4 is 5.78 Å². The summed E-state index contributed by atoms with van der Waals surface area (Å²) in [5.41, 5.74) is 1.92. The van der Waals surface area contributed by atoms with Crippen LogP contribution in [0.1, 0.15) is 52.6 Å². The fraction of sp³-hybridized carbons (Fsp3) is 0.667. The van der Waals surface area contributed by atoms with Crippen LogP contribution in [0.4, 0.5) is 0 Å². The molecule has 0 radical (unpaired) electrons. The number of ketones is 1. The SMILES string of the molecule is Cc1c(CCO[C@@H]2O[C@H](CO)[C@@H](O)[C@H](O)[C@@H]2O)c(CO)cc2c1C(=O)C(C)(C)[C@@H]2O. The van der Waals surface area contributed by atoms with Gasteiger partial charge in [-0.25, -0.2) is 0 Å². The highest BCUT2D eigenvalue weighted by molar-refractivity contribution is 6.06. The van der Waals surface area contributed by atoms with Gasteiger partial charge in [-0.3, -0.25) is 4.79 Å². The van der Waals surface area contributed by atoms with Crippen molar-refractivity contribution in [3.8, 4) is 0 Å². The lowest BCUT2D eigenvalue weighted by Gasteiger charge is -2.39. The summed E-state index contributed by atoms with van der Waals surface area (Å²) in [6.45, 7) is 4.30. The predicted molar refractivity (Wildman–Crippen MR) is 104 cm³/mol. The third-order valence-electron chi connectivity index (χ3n) is 6.28. The Kier molecular flexibility index (Phi) is 6.66. The van der Waals surface area contributed by atoms with Crippen molar-refractivity contribution in [1.82, 2.24) is 0 Å². The van der Waals surface area contributed by atoms with E-state index in [2.05, 4.69) is 0 Å². The molecule has 1 aliphatic carbocycles. The zero-order valence-corrected chi connectivity index (χ0v) is 17.3. The second kappa shape index (κ2) is 8.60. The second-order valence-corrected chi connectivity index (χ2v) is 8.53. The third-order valence-corrected chi connectivity index (χ3v) is 6.28. The van der Waals surface area contributed by atoms with E-state index in [-0.39, 0.29) is 25.4 Å². The molecule has 1 aliphatic heterocycles. The molecular weight excluding hydrogens is 396 g/mol. The summed E-state index contributed by atoms with van der Waals surface area (Å²) in [6, 6.07) is 1.64. The molecule has 6 N–H and O–H groups in total. The number of benzene rings is 1. The highest BCUT2D eigenvalue weighted by Crippen LogP contribution is 2.47. The molecule has 1 aromatic carbocycles. The number of fused-ring (bicyclic) bond motifs is 1. The molecule has 1 aromatic rings. The Labute approximate surface area is 174 Å². The van der Waals surface area contributed by atoms with Crippen molar-refractivity contribution < 1.29 is 44.9 Å². The van der Waals surface area contributed by atoms with Crippen LogP contribution in [0.3, 0.4) is 0 Å². The fourth-order valence-corrected chi connectivity index (χ4v) is 4.28. The smallest absolute Gasteiger partial charge is 0.186 e. The number of aliphatic hydroxyl groups excluding tert-OH is 6. The lowest BCUT2D eigenvalue weighted by Crippen LogP contribution is -2.59. The number of Topliss-reactive ketones (excluding diaryl/α,β-unsaturated/α-hetero) is 1. The summed E-state index contributed by atoms with van der Waals surface area (Å²) in [6.07, 6.45) is -7.50. The molecule has 0 amide bonds. The van der Waals surface area contributed by atoms with Crippen LogP contribution in [0, 0.1) is 12.3 Å². The second-order valence-electron chi connectivity index (χ2n) is 8.53. The number of hydrogen-bond acceptors (Lipinski definition) is 9. The van der Waals surface area contributed by atoms with E-state index in [1.807, 2.05) is 0 Å². The van der Waals surface area contributed by atoms with Crippen molar-refractivity contribution in [3.05, 3.63) is 33.9 Å². The third kappa shape index (κ3) is 3.69. The van der Waals surface area contributed by atoms with E-state index >= 15 is 0 Å². The molecule has 0 spiro atoms. The molecule has 6 atom stereocenters. The first-order chi connectivity index (χ1) is 14.1. The van der Waals surface area contributed by atoms with Gasteiger partial charge in [-0.1, -0.05) is 0 Å². The number of aliphatic hydroxyl groups is 6. The molecule has 2 aliphatic rings. The minimum Gasteiger partial charge on any atom is -0.394 e. The van der Waals surface area contributed by atoms with Gasteiger partial charge in [0, 0.05) is 5.56 Å². The van der Waals surface area contributed by atoms with Crippen LogP contribution in [0.15, 0.2) is 6.07 Å². The Balaban J connectivity index is 1.78. The molecule has 0 bridgehead atoms. The summed E-state index contributed by atoms with van der Waals surface area (Å²) in [7, 11) is 0. The fourth-order valence-electron chi connectivity index (χ4n) is 4.28. The van der Waals surface area contributed by atoms with Gasteiger partial charge in [0.25, 0.3) is 0 Å². The van der Waals surface area contributed by atoms with Crippen LogP contribution in [-0.4, -0.2) is 80.3 Å². The topological polar surface area (TPSA) is 157 Å². The van der Waals surface area contributed by atoms with Crippen LogP contribution in [0.2, 0.25) is 0 Å². The Morgan fingerprint density at radius 3 is 2.37 bits per heavy atom. The molecule has 9 heteroatoms. The van der Waals surface area contributed by atoms with Crippen molar-refractivity contribution in [2.24, 2.45) is 5.41 Å². The average molecular weight is 426 g/mol. The molecule has 9 nitrogen and oxygen atoms in total. The number of hydrogen-bond donors (Lipinski definition) is 6. The molecule has 0 aromatic heterocycles. The van der Waals surface area contributed by atoms with E-state index in [1.54, 1.807) is 26.8 Å². The van der Waals surface area contributed by atoms with Crippen LogP contribution >= 0.6 is 0 Å². The van der Waals surface area contributed by atoms with E-state index in [4.69, 9.17) is 9.47 Å². The van der Waals surface area contributed by atoms with Crippen LogP contribution in [0.25, 0.3) is 0 Å². The lowest BCUT2D eigenvalue weighted by atomic mass is 9.86. The maximum atomic E-state index is 12.8. The van der Waals surface area contributed by atoms with Gasteiger partial charge in [-0.15, -0.1) is 0 Å². The molecule has 0 unspecified atom stereocenters. The van der Waals surface area contributed by atoms with Gasteiger partial charge in [-0.2, -0.15) is 0 Å². The van der Waals surface area contributed by atoms with Gasteiger partial charge < -0.3 is 40.1 Å². The monoisotopic (exact) mass is 426 g/mol. The summed E-state index contributed by atoms with van der Waals surface area (Å²) in [5.74, 6) is -0.164. The number of ether oxygens (including phenoxy) is 2. The zero-order valence-electron chi connectivity index (χ0n) is 17.3. The molecule has 1 saturated heterocycles. The quantitative estimate of drug-likeness (QED) is 0.339. The maximum absolute atomic E-state index is 12.8. The van der Waals surface area contributed by atoms with Gasteiger partial charge in [0.15, 0.2) is 12.1 Å². The normalized spacial score (nSPS) is 33.0. The van der Waals surface area contributed by atoms with Gasteiger partial charge >= 0.3 is 0 Å². The minimum atomic E-state index is -1.53. The zero-order chi connectivity index (χ0) is 22.4. The number of carbonyl (C=O) groups excluding carboxylic acids is 1. The lowest BCUT2D eigenvalue weighted by molar-refractivity contribution is -0.300. The maximum Gasteiger partial charge on any atom is 0.186 e. The van der Waals surface area contributed by atoms with Crippen molar-refractivity contribution in [2.45, 2.75) is 70.6 Å². The summed E-state index contributed by atoms with van der Waals surface area (Å²) in [4.78, 5) is 12.8. The average Bonchev–Trinajstić information content (AvgIpc) is 2.89. The van der Waals surface area contributed by atoms with Gasteiger partial charge in [0.1, 0.15) is 24.4 Å². The first-order valence-corrected chi connectivity index (χ1v) is 9.97. The molecule has 0 saturated carbocycles. The summed E-state index contributed by atoms with van der Waals surface area (Å²) < 4.78 is 10.9. The Hall–Kier alpha value is -1.43. The van der Waals surface area contributed by atoms with Gasteiger partial charge in [0.2, 0.25) is 0 Å². The standard InChI is InChI=1S/C21H30O9/c1-9-11(4-5-29-20-17(26)16(25)15(24)13(8-23)30-20)10(7-22)6-12-14(9)19(28)21(2,3)18(12)27/h6,13,15-18,20,22-27H,4-5,7-8H2,1-3H3/t13-,15-,16+,17+,18-,20-/m1/s1. The molecular formula is C21H30O9. The Morgan fingerprint density at radius 1 is 1.10 bits per heavy atom. The van der Waals surface area contributed by atoms with E-state index < -0.39 is 48.8 Å². The Morgan fingerprint density at radius 2 is 1.77 bits per heavy atom. The highest BCUT2D eigenvalue weighted by Gasteiger charge is 2.47.